The maximum absolute atomic E-state index is 10.1. The van der Waals surface area contributed by atoms with Crippen LogP contribution in [0.25, 0.3) is 10.9 Å². The van der Waals surface area contributed by atoms with Gasteiger partial charge in [-0.1, -0.05) is 25.1 Å². The van der Waals surface area contributed by atoms with Crippen LogP contribution in [0.15, 0.2) is 29.3 Å². The lowest BCUT2D eigenvalue weighted by molar-refractivity contribution is 0.0623. The third-order valence-corrected chi connectivity index (χ3v) is 4.23. The summed E-state index contributed by atoms with van der Waals surface area (Å²) in [4.78, 5) is 9.31. The van der Waals surface area contributed by atoms with E-state index in [9.17, 15) is 5.11 Å². The second-order valence-corrected chi connectivity index (χ2v) is 7.15. The Labute approximate surface area is 149 Å². The van der Waals surface area contributed by atoms with E-state index in [2.05, 4.69) is 11.9 Å². The van der Waals surface area contributed by atoms with E-state index < -0.39 is 5.60 Å². The van der Waals surface area contributed by atoms with Crippen LogP contribution in [0, 0.1) is 12.8 Å². The van der Waals surface area contributed by atoms with Crippen molar-refractivity contribution in [2.24, 2.45) is 10.9 Å². The van der Waals surface area contributed by atoms with Gasteiger partial charge in [-0.2, -0.15) is 0 Å². The molecule has 1 atom stereocenters. The number of aryl methyl sites for hydroxylation is 1. The SMILES string of the molecule is CCOC/C(=N/c1c(N)nc2ccccc2c1C)[C@H](C)CC(C)(C)O. The molecule has 0 aliphatic carbocycles. The van der Waals surface area contributed by atoms with E-state index in [4.69, 9.17) is 15.5 Å². The summed E-state index contributed by atoms with van der Waals surface area (Å²) in [6.45, 7) is 10.7. The Kier molecular flexibility index (Phi) is 6.14. The number of nitrogens with zero attached hydrogens (tertiary/aromatic N) is 2. The molecule has 2 aromatic rings. The van der Waals surface area contributed by atoms with Gasteiger partial charge in [0.15, 0.2) is 0 Å². The molecule has 2 rings (SSSR count). The number of hydrogen-bond acceptors (Lipinski definition) is 5. The average molecular weight is 343 g/mol. The first-order valence-electron chi connectivity index (χ1n) is 8.75. The maximum Gasteiger partial charge on any atom is 0.150 e. The first kappa shape index (κ1) is 19.3. The summed E-state index contributed by atoms with van der Waals surface area (Å²) in [5.74, 6) is 0.484. The minimum Gasteiger partial charge on any atom is -0.390 e. The molecule has 0 saturated heterocycles. The summed E-state index contributed by atoms with van der Waals surface area (Å²) in [5.41, 5.74) is 8.85. The monoisotopic (exact) mass is 343 g/mol. The molecule has 0 unspecified atom stereocenters. The van der Waals surface area contributed by atoms with E-state index in [1.165, 1.54) is 0 Å². The molecular weight excluding hydrogens is 314 g/mol. The molecular formula is C20H29N3O2. The zero-order chi connectivity index (χ0) is 18.6. The standard InChI is InChI=1S/C20H29N3O2/c1-6-25-12-17(13(2)11-20(4,5)24)22-18-14(3)15-9-7-8-10-16(15)23-19(18)21/h7-10,13,24H,6,11-12H2,1-5H3,(H2,21,23)/b22-17-/t13-/m1/s1. The van der Waals surface area contributed by atoms with Gasteiger partial charge in [0.05, 0.1) is 17.7 Å². The lowest BCUT2D eigenvalue weighted by Crippen LogP contribution is -2.28. The van der Waals surface area contributed by atoms with Crippen molar-refractivity contribution in [1.29, 1.82) is 0 Å². The van der Waals surface area contributed by atoms with Gasteiger partial charge in [-0.3, -0.25) is 4.99 Å². The maximum atomic E-state index is 10.1. The molecule has 0 amide bonds. The van der Waals surface area contributed by atoms with Gasteiger partial charge in [-0.15, -0.1) is 0 Å². The Morgan fingerprint density at radius 1 is 1.36 bits per heavy atom. The van der Waals surface area contributed by atoms with Gasteiger partial charge < -0.3 is 15.6 Å². The third kappa shape index (κ3) is 5.00. The summed E-state index contributed by atoms with van der Waals surface area (Å²) in [7, 11) is 0. The molecule has 1 aromatic carbocycles. The lowest BCUT2D eigenvalue weighted by Gasteiger charge is -2.23. The normalized spacial score (nSPS) is 14.1. The smallest absolute Gasteiger partial charge is 0.150 e. The number of pyridine rings is 1. The van der Waals surface area contributed by atoms with Crippen molar-refractivity contribution in [3.05, 3.63) is 29.8 Å². The van der Waals surface area contributed by atoms with Crippen molar-refractivity contribution in [3.8, 4) is 0 Å². The van der Waals surface area contributed by atoms with Gasteiger partial charge in [0.2, 0.25) is 0 Å². The number of anilines is 1. The molecule has 136 valence electrons. The van der Waals surface area contributed by atoms with Crippen LogP contribution in [0.4, 0.5) is 11.5 Å². The minimum atomic E-state index is -0.769. The van der Waals surface area contributed by atoms with Crippen LogP contribution >= 0.6 is 0 Å². The molecule has 5 nitrogen and oxygen atoms in total. The Morgan fingerprint density at radius 2 is 2.04 bits per heavy atom. The summed E-state index contributed by atoms with van der Waals surface area (Å²) < 4.78 is 5.60. The number of aliphatic imine (C=N–C) groups is 1. The average Bonchev–Trinajstić information content (AvgIpc) is 2.52. The number of fused-ring (bicyclic) bond motifs is 1. The summed E-state index contributed by atoms with van der Waals surface area (Å²) in [6, 6.07) is 7.91. The zero-order valence-corrected chi connectivity index (χ0v) is 15.8. The first-order valence-corrected chi connectivity index (χ1v) is 8.75. The molecule has 1 heterocycles. The fraction of sp³-hybridized carbons (Fsp3) is 0.500. The second kappa shape index (κ2) is 7.93. The molecule has 1 aromatic heterocycles. The number of nitrogen functional groups attached to an aromatic ring is 1. The summed E-state index contributed by atoms with van der Waals surface area (Å²) in [5, 5.41) is 11.2. The highest BCUT2D eigenvalue weighted by molar-refractivity contribution is 5.95. The highest BCUT2D eigenvalue weighted by Crippen LogP contribution is 2.32. The number of hydrogen-bond donors (Lipinski definition) is 2. The van der Waals surface area contributed by atoms with E-state index in [1.807, 2.05) is 38.1 Å². The van der Waals surface area contributed by atoms with E-state index in [0.29, 0.717) is 31.1 Å². The quantitative estimate of drug-likeness (QED) is 0.744. The van der Waals surface area contributed by atoms with E-state index >= 15 is 0 Å². The fourth-order valence-electron chi connectivity index (χ4n) is 3.03. The zero-order valence-electron chi connectivity index (χ0n) is 15.8. The van der Waals surface area contributed by atoms with Crippen LogP contribution in [0.3, 0.4) is 0 Å². The number of nitrogens with two attached hydrogens (primary N) is 1. The fourth-order valence-corrected chi connectivity index (χ4v) is 3.03. The van der Waals surface area contributed by atoms with Crippen molar-refractivity contribution < 1.29 is 9.84 Å². The highest BCUT2D eigenvalue weighted by Gasteiger charge is 2.22. The van der Waals surface area contributed by atoms with E-state index in [0.717, 1.165) is 22.2 Å². The predicted molar refractivity (Wildman–Crippen MR) is 105 cm³/mol. The van der Waals surface area contributed by atoms with Crippen molar-refractivity contribution >= 4 is 28.1 Å². The largest absolute Gasteiger partial charge is 0.390 e. The number of aromatic nitrogens is 1. The summed E-state index contributed by atoms with van der Waals surface area (Å²) >= 11 is 0. The van der Waals surface area contributed by atoms with Crippen LogP contribution in [-0.2, 0) is 4.74 Å². The van der Waals surface area contributed by atoms with E-state index in [1.54, 1.807) is 13.8 Å². The molecule has 25 heavy (non-hydrogen) atoms. The predicted octanol–water partition coefficient (Wildman–Crippen LogP) is 4.03. The van der Waals surface area contributed by atoms with Gasteiger partial charge in [0, 0.05) is 17.7 Å². The minimum absolute atomic E-state index is 0.0665. The Hall–Kier alpha value is -1.98. The van der Waals surface area contributed by atoms with Crippen LogP contribution in [0.1, 0.15) is 39.7 Å². The molecule has 0 spiro atoms. The molecule has 0 aliphatic heterocycles. The Morgan fingerprint density at radius 3 is 2.68 bits per heavy atom. The van der Waals surface area contributed by atoms with Crippen LogP contribution < -0.4 is 5.73 Å². The van der Waals surface area contributed by atoms with Crippen LogP contribution in [-0.4, -0.2) is 34.6 Å². The third-order valence-electron chi connectivity index (χ3n) is 4.23. The van der Waals surface area contributed by atoms with Crippen molar-refractivity contribution in [2.45, 2.75) is 46.6 Å². The number of aliphatic hydroxyl groups is 1. The molecule has 0 radical (unpaired) electrons. The Bertz CT molecular complexity index is 763. The molecule has 0 saturated carbocycles. The topological polar surface area (TPSA) is 80.7 Å². The first-order chi connectivity index (χ1) is 11.7. The van der Waals surface area contributed by atoms with Gasteiger partial charge in [0.1, 0.15) is 11.5 Å². The van der Waals surface area contributed by atoms with Crippen molar-refractivity contribution in [2.75, 3.05) is 18.9 Å². The highest BCUT2D eigenvalue weighted by atomic mass is 16.5. The molecule has 0 fully saturated rings. The molecule has 0 bridgehead atoms. The molecule has 5 heteroatoms. The van der Waals surface area contributed by atoms with Crippen molar-refractivity contribution in [1.82, 2.24) is 4.98 Å². The lowest BCUT2D eigenvalue weighted by atomic mass is 9.91. The van der Waals surface area contributed by atoms with Crippen molar-refractivity contribution in [3.63, 3.8) is 0 Å². The molecule has 3 N–H and O–H groups in total. The second-order valence-electron chi connectivity index (χ2n) is 7.15. The van der Waals surface area contributed by atoms with E-state index in [-0.39, 0.29) is 5.92 Å². The van der Waals surface area contributed by atoms with Gasteiger partial charge in [-0.05, 0) is 51.7 Å². The Balaban J connectivity index is 2.49. The van der Waals surface area contributed by atoms with Crippen LogP contribution in [0.2, 0.25) is 0 Å². The number of para-hydroxylation sites is 1. The number of rotatable bonds is 7. The summed E-state index contributed by atoms with van der Waals surface area (Å²) in [6.07, 6.45) is 0.596. The van der Waals surface area contributed by atoms with Gasteiger partial charge >= 0.3 is 0 Å². The van der Waals surface area contributed by atoms with Gasteiger partial charge in [-0.25, -0.2) is 4.98 Å². The molecule has 0 aliphatic rings. The van der Waals surface area contributed by atoms with Gasteiger partial charge in [0.25, 0.3) is 0 Å². The number of benzene rings is 1. The number of ether oxygens (including phenoxy) is 1. The van der Waals surface area contributed by atoms with Crippen LogP contribution in [0.5, 0.6) is 0 Å².